The molecule has 0 bridgehead atoms. The molecule has 4 heterocycles. The molecule has 0 aliphatic rings. The lowest BCUT2D eigenvalue weighted by Gasteiger charge is -2.10. The summed E-state index contributed by atoms with van der Waals surface area (Å²) in [7, 11) is 0. The topological polar surface area (TPSA) is 69.5 Å². The number of aryl methyl sites for hydroxylation is 1. The highest BCUT2D eigenvalue weighted by Gasteiger charge is 2.17. The Morgan fingerprint density at radius 1 is 1.10 bits per heavy atom. The van der Waals surface area contributed by atoms with Crippen LogP contribution in [0.5, 0.6) is 0 Å². The highest BCUT2D eigenvalue weighted by molar-refractivity contribution is 7.98. The lowest BCUT2D eigenvalue weighted by Crippen LogP contribution is -2.23. The van der Waals surface area contributed by atoms with Gasteiger partial charge in [0.15, 0.2) is 5.16 Å². The number of pyridine rings is 1. The highest BCUT2D eigenvalue weighted by Crippen LogP contribution is 2.25. The standard InChI is InChI=1S/C21H19ClN6OS/c1-2-3-10-27-19(29)16-6-4-5-7-17(16)28-20(27)24-25-21(28)30-13-15-12-26-11-14(22)8-9-18(26)23-15/h4-9,11-12H,2-3,10,13H2,1H3. The van der Waals surface area contributed by atoms with E-state index >= 15 is 0 Å². The number of halogens is 1. The van der Waals surface area contributed by atoms with Crippen molar-refractivity contribution in [2.45, 2.75) is 37.2 Å². The van der Waals surface area contributed by atoms with Gasteiger partial charge in [-0.15, -0.1) is 10.2 Å². The smallest absolute Gasteiger partial charge is 0.262 e. The fraction of sp³-hybridized carbons (Fsp3) is 0.238. The van der Waals surface area contributed by atoms with E-state index in [-0.39, 0.29) is 5.56 Å². The quantitative estimate of drug-likeness (QED) is 0.366. The number of aromatic nitrogens is 6. The number of hydrogen-bond acceptors (Lipinski definition) is 5. The molecule has 0 fully saturated rings. The Balaban J connectivity index is 1.57. The van der Waals surface area contributed by atoms with E-state index < -0.39 is 0 Å². The number of para-hydroxylation sites is 1. The first-order chi connectivity index (χ1) is 14.7. The zero-order valence-corrected chi connectivity index (χ0v) is 17.9. The van der Waals surface area contributed by atoms with Crippen LogP contribution in [0.25, 0.3) is 22.3 Å². The van der Waals surface area contributed by atoms with E-state index in [4.69, 9.17) is 11.6 Å². The van der Waals surface area contributed by atoms with Crippen LogP contribution >= 0.6 is 23.4 Å². The van der Waals surface area contributed by atoms with Crippen LogP contribution in [0.15, 0.2) is 58.7 Å². The molecule has 0 radical (unpaired) electrons. The van der Waals surface area contributed by atoms with E-state index in [2.05, 4.69) is 22.1 Å². The summed E-state index contributed by atoms with van der Waals surface area (Å²) in [6.45, 7) is 2.73. The molecule has 0 unspecified atom stereocenters. The lowest BCUT2D eigenvalue weighted by molar-refractivity contribution is 0.620. The first-order valence-electron chi connectivity index (χ1n) is 9.78. The molecule has 0 saturated heterocycles. The van der Waals surface area contributed by atoms with Gasteiger partial charge in [0.2, 0.25) is 5.78 Å². The molecule has 0 N–H and O–H groups in total. The van der Waals surface area contributed by atoms with E-state index in [1.165, 1.54) is 0 Å². The molecular weight excluding hydrogens is 420 g/mol. The molecule has 152 valence electrons. The van der Waals surface area contributed by atoms with Crippen molar-refractivity contribution in [2.24, 2.45) is 0 Å². The second-order valence-corrected chi connectivity index (χ2v) is 8.46. The van der Waals surface area contributed by atoms with E-state index in [0.717, 1.165) is 34.9 Å². The molecule has 0 aliphatic carbocycles. The van der Waals surface area contributed by atoms with Gasteiger partial charge in [0, 0.05) is 24.7 Å². The maximum absolute atomic E-state index is 13.0. The summed E-state index contributed by atoms with van der Waals surface area (Å²) in [6.07, 6.45) is 5.71. The molecule has 0 aliphatic heterocycles. The second-order valence-electron chi connectivity index (χ2n) is 7.08. The number of imidazole rings is 1. The van der Waals surface area contributed by atoms with Crippen LogP contribution in [0.2, 0.25) is 5.02 Å². The summed E-state index contributed by atoms with van der Waals surface area (Å²) in [5.74, 6) is 1.21. The van der Waals surface area contributed by atoms with Gasteiger partial charge in [-0.3, -0.25) is 13.8 Å². The fourth-order valence-corrected chi connectivity index (χ4v) is 4.56. The van der Waals surface area contributed by atoms with Gasteiger partial charge in [-0.2, -0.15) is 0 Å². The van der Waals surface area contributed by atoms with Crippen molar-refractivity contribution in [3.63, 3.8) is 0 Å². The molecule has 0 spiro atoms. The van der Waals surface area contributed by atoms with Crippen molar-refractivity contribution in [1.82, 2.24) is 28.5 Å². The Morgan fingerprint density at radius 2 is 1.97 bits per heavy atom. The highest BCUT2D eigenvalue weighted by atomic mass is 35.5. The molecular formula is C21H19ClN6OS. The second kappa shape index (κ2) is 7.77. The third kappa shape index (κ3) is 3.26. The van der Waals surface area contributed by atoms with Crippen LogP contribution in [0.1, 0.15) is 25.5 Å². The van der Waals surface area contributed by atoms with Gasteiger partial charge < -0.3 is 4.40 Å². The summed E-state index contributed by atoms with van der Waals surface area (Å²) >= 11 is 7.62. The third-order valence-corrected chi connectivity index (χ3v) is 6.21. The van der Waals surface area contributed by atoms with Crippen LogP contribution in [0.3, 0.4) is 0 Å². The molecule has 0 atom stereocenters. The normalized spacial score (nSPS) is 11.8. The zero-order valence-electron chi connectivity index (χ0n) is 16.3. The van der Waals surface area contributed by atoms with Crippen LogP contribution < -0.4 is 5.56 Å². The molecule has 1 aromatic carbocycles. The van der Waals surface area contributed by atoms with E-state index in [1.807, 2.05) is 57.6 Å². The van der Waals surface area contributed by atoms with E-state index in [1.54, 1.807) is 16.3 Å². The van der Waals surface area contributed by atoms with Crippen molar-refractivity contribution in [2.75, 3.05) is 0 Å². The summed E-state index contributed by atoms with van der Waals surface area (Å²) in [4.78, 5) is 17.7. The third-order valence-electron chi connectivity index (χ3n) is 5.03. The minimum atomic E-state index is -0.0206. The summed E-state index contributed by atoms with van der Waals surface area (Å²) in [5, 5.41) is 10.8. The van der Waals surface area contributed by atoms with Crippen molar-refractivity contribution >= 4 is 45.7 Å². The number of rotatable bonds is 6. The van der Waals surface area contributed by atoms with Crippen LogP contribution in [-0.2, 0) is 12.3 Å². The maximum atomic E-state index is 13.0. The van der Waals surface area contributed by atoms with Gasteiger partial charge >= 0.3 is 0 Å². The predicted molar refractivity (Wildman–Crippen MR) is 119 cm³/mol. The predicted octanol–water partition coefficient (Wildman–Crippen LogP) is 4.44. The molecule has 0 amide bonds. The van der Waals surface area contributed by atoms with Gasteiger partial charge in [0.25, 0.3) is 5.56 Å². The Morgan fingerprint density at radius 3 is 2.83 bits per heavy atom. The monoisotopic (exact) mass is 438 g/mol. The van der Waals surface area contributed by atoms with Crippen molar-refractivity contribution in [3.8, 4) is 0 Å². The van der Waals surface area contributed by atoms with Crippen molar-refractivity contribution in [1.29, 1.82) is 0 Å². The summed E-state index contributed by atoms with van der Waals surface area (Å²) < 4.78 is 5.62. The fourth-order valence-electron chi connectivity index (χ4n) is 3.57. The maximum Gasteiger partial charge on any atom is 0.262 e. The molecule has 9 heteroatoms. The number of nitrogens with zero attached hydrogens (tertiary/aromatic N) is 6. The average molecular weight is 439 g/mol. The summed E-state index contributed by atoms with van der Waals surface area (Å²) in [6, 6.07) is 11.3. The number of hydrogen-bond donors (Lipinski definition) is 0. The lowest BCUT2D eigenvalue weighted by atomic mass is 10.2. The Bertz CT molecular complexity index is 1440. The van der Waals surface area contributed by atoms with Gasteiger partial charge in [0.05, 0.1) is 21.6 Å². The Hall–Kier alpha value is -2.84. The Kier molecular flexibility index (Phi) is 4.96. The molecule has 4 aromatic heterocycles. The van der Waals surface area contributed by atoms with Crippen molar-refractivity contribution in [3.05, 3.63) is 69.9 Å². The van der Waals surface area contributed by atoms with Crippen molar-refractivity contribution < 1.29 is 0 Å². The Labute approximate surface area is 181 Å². The van der Waals surface area contributed by atoms with Gasteiger partial charge in [-0.25, -0.2) is 4.98 Å². The number of fused-ring (bicyclic) bond motifs is 4. The number of benzene rings is 1. The first kappa shape index (κ1) is 19.1. The minimum Gasteiger partial charge on any atom is -0.305 e. The number of thioether (sulfide) groups is 1. The SMILES string of the molecule is CCCCn1c(=O)c2ccccc2n2c(SCc3cn4cc(Cl)ccc4n3)nnc12. The minimum absolute atomic E-state index is 0.0206. The van der Waals surface area contributed by atoms with Gasteiger partial charge in [0.1, 0.15) is 5.65 Å². The zero-order chi connectivity index (χ0) is 20.7. The molecule has 5 aromatic rings. The van der Waals surface area contributed by atoms with Gasteiger partial charge in [-0.05, 0) is 30.7 Å². The number of unbranched alkanes of at least 4 members (excludes halogenated alkanes) is 1. The van der Waals surface area contributed by atoms with Crippen LogP contribution in [-0.4, -0.2) is 28.5 Å². The molecule has 7 nitrogen and oxygen atoms in total. The van der Waals surface area contributed by atoms with Crippen LogP contribution in [0, 0.1) is 0 Å². The molecule has 30 heavy (non-hydrogen) atoms. The average Bonchev–Trinajstić information content (AvgIpc) is 3.35. The van der Waals surface area contributed by atoms with E-state index in [9.17, 15) is 4.79 Å². The van der Waals surface area contributed by atoms with E-state index in [0.29, 0.717) is 28.5 Å². The largest absolute Gasteiger partial charge is 0.305 e. The van der Waals surface area contributed by atoms with Crippen LogP contribution in [0.4, 0.5) is 0 Å². The summed E-state index contributed by atoms with van der Waals surface area (Å²) in [5.41, 5.74) is 2.56. The van der Waals surface area contributed by atoms with Gasteiger partial charge in [-0.1, -0.05) is 48.8 Å². The first-order valence-corrected chi connectivity index (χ1v) is 11.1. The molecule has 0 saturated carbocycles. The molecule has 5 rings (SSSR count).